The zero-order valence-electron chi connectivity index (χ0n) is 12.1. The van der Waals surface area contributed by atoms with E-state index in [1.54, 1.807) is 11.0 Å². The first-order valence-corrected chi connectivity index (χ1v) is 7.51. The lowest BCUT2D eigenvalue weighted by Gasteiger charge is -2.39. The second-order valence-corrected chi connectivity index (χ2v) is 5.79. The lowest BCUT2D eigenvalue weighted by atomic mass is 10.1. The number of benzene rings is 2. The van der Waals surface area contributed by atoms with Gasteiger partial charge in [-0.25, -0.2) is 8.78 Å². The van der Waals surface area contributed by atoms with Crippen LogP contribution >= 0.6 is 11.6 Å². The molecule has 2 aromatic carbocycles. The van der Waals surface area contributed by atoms with Crippen molar-refractivity contribution in [2.45, 2.75) is 12.7 Å². The van der Waals surface area contributed by atoms with Gasteiger partial charge in [0, 0.05) is 23.7 Å². The van der Waals surface area contributed by atoms with Crippen LogP contribution in [0.3, 0.4) is 0 Å². The van der Waals surface area contributed by atoms with Gasteiger partial charge in [0.1, 0.15) is 11.6 Å². The average molecular weight is 338 g/mol. The summed E-state index contributed by atoms with van der Waals surface area (Å²) in [6, 6.07) is 9.60. The summed E-state index contributed by atoms with van der Waals surface area (Å²) in [4.78, 5) is 13.8. The third-order valence-electron chi connectivity index (χ3n) is 3.72. The van der Waals surface area contributed by atoms with Crippen molar-refractivity contribution in [1.82, 2.24) is 4.90 Å². The highest BCUT2D eigenvalue weighted by Gasteiger charge is 2.31. The highest BCUT2D eigenvalue weighted by atomic mass is 35.5. The summed E-state index contributed by atoms with van der Waals surface area (Å²) in [7, 11) is 0. The molecule has 0 radical (unpaired) electrons. The summed E-state index contributed by atoms with van der Waals surface area (Å²) in [5.41, 5.74) is 1.16. The summed E-state index contributed by atoms with van der Waals surface area (Å²) >= 11 is 5.93. The van der Waals surface area contributed by atoms with Gasteiger partial charge in [0.05, 0.1) is 12.7 Å². The first kappa shape index (κ1) is 15.9. The van der Waals surface area contributed by atoms with Crippen molar-refractivity contribution in [2.24, 2.45) is 0 Å². The van der Waals surface area contributed by atoms with Gasteiger partial charge in [0.25, 0.3) is 5.91 Å². The molecule has 0 aromatic heterocycles. The number of carbonyl (C=O) groups excluding carboxylic acids is 1. The van der Waals surface area contributed by atoms with E-state index in [2.05, 4.69) is 0 Å². The molecule has 0 atom stereocenters. The summed E-state index contributed by atoms with van der Waals surface area (Å²) in [5, 5.41) is 0.323. The number of nitrogens with zero attached hydrogens (tertiary/aromatic N) is 1. The molecule has 1 fully saturated rings. The predicted octanol–water partition coefficient (Wildman–Crippen LogP) is 3.66. The summed E-state index contributed by atoms with van der Waals surface area (Å²) in [6.45, 7) is 1.20. The zero-order valence-corrected chi connectivity index (χ0v) is 12.9. The molecule has 1 aliphatic heterocycles. The molecule has 120 valence electrons. The first-order chi connectivity index (χ1) is 11.0. The molecule has 0 spiro atoms. The fourth-order valence-electron chi connectivity index (χ4n) is 2.33. The molecular weight excluding hydrogens is 324 g/mol. The van der Waals surface area contributed by atoms with Crippen LogP contribution in [0.5, 0.6) is 0 Å². The standard InChI is InChI=1S/C17H14ClF2NO2/c18-16-7-14(20)6-3-12(16)10-23-15-8-21(9-15)17(22)11-1-4-13(19)5-2-11/h1-7,15H,8-10H2. The molecule has 0 unspecified atom stereocenters. The molecule has 0 bridgehead atoms. The van der Waals surface area contributed by atoms with Crippen LogP contribution in [0.4, 0.5) is 8.78 Å². The monoisotopic (exact) mass is 337 g/mol. The highest BCUT2D eigenvalue weighted by molar-refractivity contribution is 6.31. The average Bonchev–Trinajstić information content (AvgIpc) is 2.48. The van der Waals surface area contributed by atoms with Crippen LogP contribution in [0.25, 0.3) is 0 Å². The molecule has 1 heterocycles. The summed E-state index contributed by atoms with van der Waals surface area (Å²) in [6.07, 6.45) is -0.0829. The normalized spacial score (nSPS) is 14.7. The minimum Gasteiger partial charge on any atom is -0.370 e. The van der Waals surface area contributed by atoms with E-state index in [1.807, 2.05) is 0 Å². The van der Waals surface area contributed by atoms with Gasteiger partial charge in [-0.15, -0.1) is 0 Å². The Morgan fingerprint density at radius 3 is 2.43 bits per heavy atom. The van der Waals surface area contributed by atoms with Crippen molar-refractivity contribution in [1.29, 1.82) is 0 Å². The van der Waals surface area contributed by atoms with Crippen molar-refractivity contribution in [2.75, 3.05) is 13.1 Å². The third kappa shape index (κ3) is 3.68. The zero-order chi connectivity index (χ0) is 16.4. The molecule has 0 aliphatic carbocycles. The van der Waals surface area contributed by atoms with Crippen molar-refractivity contribution < 1.29 is 18.3 Å². The maximum absolute atomic E-state index is 13.0. The van der Waals surface area contributed by atoms with Crippen LogP contribution in [0.15, 0.2) is 42.5 Å². The Morgan fingerprint density at radius 1 is 1.13 bits per heavy atom. The maximum atomic E-state index is 13.0. The van der Waals surface area contributed by atoms with Crippen LogP contribution in [0.2, 0.25) is 5.02 Å². The Hall–Kier alpha value is -1.98. The Kier molecular flexibility index (Phi) is 4.59. The molecule has 1 saturated heterocycles. The van der Waals surface area contributed by atoms with Gasteiger partial charge in [-0.3, -0.25) is 4.79 Å². The lowest BCUT2D eigenvalue weighted by molar-refractivity contribution is -0.0503. The van der Waals surface area contributed by atoms with E-state index in [1.165, 1.54) is 36.4 Å². The molecule has 6 heteroatoms. The van der Waals surface area contributed by atoms with E-state index in [4.69, 9.17) is 16.3 Å². The Morgan fingerprint density at radius 2 is 1.78 bits per heavy atom. The second kappa shape index (κ2) is 6.64. The number of likely N-dealkylation sites (tertiary alicyclic amines) is 1. The maximum Gasteiger partial charge on any atom is 0.254 e. The van der Waals surface area contributed by atoms with Crippen LogP contribution in [-0.2, 0) is 11.3 Å². The molecule has 3 rings (SSSR count). The minimum absolute atomic E-state index is 0.0829. The number of amides is 1. The van der Waals surface area contributed by atoms with E-state index < -0.39 is 5.82 Å². The number of carbonyl (C=O) groups is 1. The van der Waals surface area contributed by atoms with E-state index in [-0.39, 0.29) is 24.4 Å². The SMILES string of the molecule is O=C(c1ccc(F)cc1)N1CC(OCc2ccc(F)cc2Cl)C1. The van der Waals surface area contributed by atoms with Gasteiger partial charge in [-0.2, -0.15) is 0 Å². The molecule has 0 N–H and O–H groups in total. The Balaban J connectivity index is 1.49. The topological polar surface area (TPSA) is 29.5 Å². The second-order valence-electron chi connectivity index (χ2n) is 5.39. The summed E-state index contributed by atoms with van der Waals surface area (Å²) in [5.74, 6) is -0.911. The molecule has 2 aromatic rings. The van der Waals surface area contributed by atoms with Gasteiger partial charge >= 0.3 is 0 Å². The quantitative estimate of drug-likeness (QED) is 0.852. The first-order valence-electron chi connectivity index (χ1n) is 7.13. The number of rotatable bonds is 4. The van der Waals surface area contributed by atoms with Gasteiger partial charge in [0.2, 0.25) is 0 Å². The molecule has 3 nitrogen and oxygen atoms in total. The van der Waals surface area contributed by atoms with Crippen LogP contribution in [0, 0.1) is 11.6 Å². The van der Waals surface area contributed by atoms with Crippen LogP contribution in [0.1, 0.15) is 15.9 Å². The number of hydrogen-bond acceptors (Lipinski definition) is 2. The molecule has 0 saturated carbocycles. The van der Waals surface area contributed by atoms with Crippen molar-refractivity contribution in [3.63, 3.8) is 0 Å². The number of ether oxygens (including phenoxy) is 1. The minimum atomic E-state index is -0.390. The number of halogens is 3. The number of hydrogen-bond donors (Lipinski definition) is 0. The van der Waals surface area contributed by atoms with Crippen LogP contribution in [-0.4, -0.2) is 30.0 Å². The van der Waals surface area contributed by atoms with Gasteiger partial charge < -0.3 is 9.64 Å². The molecule has 1 amide bonds. The third-order valence-corrected chi connectivity index (χ3v) is 4.07. The fraction of sp³-hybridized carbons (Fsp3) is 0.235. The van der Waals surface area contributed by atoms with Gasteiger partial charge in [-0.05, 0) is 42.0 Å². The van der Waals surface area contributed by atoms with Gasteiger partial charge in [0.15, 0.2) is 0 Å². The van der Waals surface area contributed by atoms with E-state index in [0.29, 0.717) is 29.2 Å². The fourth-order valence-corrected chi connectivity index (χ4v) is 2.55. The molecule has 1 aliphatic rings. The predicted molar refractivity (Wildman–Crippen MR) is 82.3 cm³/mol. The Bertz CT molecular complexity index is 715. The van der Waals surface area contributed by atoms with Gasteiger partial charge in [-0.1, -0.05) is 17.7 Å². The van der Waals surface area contributed by atoms with Crippen molar-refractivity contribution >= 4 is 17.5 Å². The van der Waals surface area contributed by atoms with Crippen molar-refractivity contribution in [3.8, 4) is 0 Å². The van der Waals surface area contributed by atoms with E-state index >= 15 is 0 Å². The van der Waals surface area contributed by atoms with E-state index in [9.17, 15) is 13.6 Å². The molecular formula is C17H14ClF2NO2. The van der Waals surface area contributed by atoms with E-state index in [0.717, 1.165) is 0 Å². The highest BCUT2D eigenvalue weighted by Crippen LogP contribution is 2.21. The summed E-state index contributed by atoms with van der Waals surface area (Å²) < 4.78 is 31.5. The lowest BCUT2D eigenvalue weighted by Crippen LogP contribution is -2.54. The molecule has 23 heavy (non-hydrogen) atoms. The van der Waals surface area contributed by atoms with Crippen molar-refractivity contribution in [3.05, 3.63) is 70.2 Å². The largest absolute Gasteiger partial charge is 0.370 e. The Labute approximate surface area is 137 Å². The van der Waals surface area contributed by atoms with Crippen LogP contribution < -0.4 is 0 Å². The smallest absolute Gasteiger partial charge is 0.254 e.